The second kappa shape index (κ2) is 6.29. The minimum atomic E-state index is -0.0383. The molecule has 0 radical (unpaired) electrons. The van der Waals surface area contributed by atoms with E-state index in [0.717, 1.165) is 47.4 Å². The fourth-order valence-electron chi connectivity index (χ4n) is 3.92. The van der Waals surface area contributed by atoms with Crippen molar-refractivity contribution in [2.24, 2.45) is 20.0 Å². The topological polar surface area (TPSA) is 86.7 Å². The fraction of sp³-hybridized carbons (Fsp3) is 0.526. The highest BCUT2D eigenvalue weighted by molar-refractivity contribution is 5.92. The number of amides is 1. The summed E-state index contributed by atoms with van der Waals surface area (Å²) in [5, 5.41) is 17.6. The Balaban J connectivity index is 1.47. The molecule has 3 aromatic rings. The molecule has 1 aliphatic carbocycles. The Morgan fingerprint density at radius 2 is 2.04 bits per heavy atom. The van der Waals surface area contributed by atoms with Gasteiger partial charge in [0.05, 0.1) is 6.54 Å². The summed E-state index contributed by atoms with van der Waals surface area (Å²) >= 11 is 0. The molecule has 1 fully saturated rings. The lowest BCUT2D eigenvalue weighted by atomic mass is 10.0. The molecule has 146 valence electrons. The first-order chi connectivity index (χ1) is 13.5. The average molecular weight is 380 g/mol. The van der Waals surface area contributed by atoms with Crippen LogP contribution in [0.1, 0.15) is 40.3 Å². The maximum Gasteiger partial charge on any atom is 0.274 e. The largest absolute Gasteiger partial charge is 0.332 e. The molecule has 1 saturated carbocycles. The number of aromatic nitrogens is 7. The molecule has 0 aromatic carbocycles. The summed E-state index contributed by atoms with van der Waals surface area (Å²) < 4.78 is 5.76. The first-order valence-corrected chi connectivity index (χ1v) is 9.74. The lowest BCUT2D eigenvalue weighted by Gasteiger charge is -2.27. The van der Waals surface area contributed by atoms with Crippen LogP contribution in [0.5, 0.6) is 0 Å². The van der Waals surface area contributed by atoms with E-state index >= 15 is 0 Å². The van der Waals surface area contributed by atoms with Crippen molar-refractivity contribution in [2.45, 2.75) is 39.3 Å². The highest BCUT2D eigenvalue weighted by Crippen LogP contribution is 2.33. The standard InChI is InChI=1S/C19H24N8O/c1-12-8-15(22-24(12)2)19(28)26-7-6-16-14(10-26)17(23-25(16)3)18-21-20-11-27(18)9-13-4-5-13/h8,11,13H,4-7,9-10H2,1-3H3. The van der Waals surface area contributed by atoms with E-state index in [1.165, 1.54) is 12.8 Å². The molecule has 9 nitrogen and oxygen atoms in total. The van der Waals surface area contributed by atoms with E-state index in [1.807, 2.05) is 36.7 Å². The second-order valence-corrected chi connectivity index (χ2v) is 7.92. The van der Waals surface area contributed by atoms with Crippen LogP contribution in [0.3, 0.4) is 0 Å². The number of carbonyl (C=O) groups is 1. The third-order valence-electron chi connectivity index (χ3n) is 5.84. The Bertz CT molecular complexity index is 1030. The van der Waals surface area contributed by atoms with Crippen molar-refractivity contribution in [3.63, 3.8) is 0 Å². The smallest absolute Gasteiger partial charge is 0.274 e. The van der Waals surface area contributed by atoms with Crippen molar-refractivity contribution in [2.75, 3.05) is 6.54 Å². The monoisotopic (exact) mass is 380 g/mol. The number of carbonyl (C=O) groups excluding carboxylic acids is 1. The molecular formula is C19H24N8O. The average Bonchev–Trinajstić information content (AvgIpc) is 3.13. The second-order valence-electron chi connectivity index (χ2n) is 7.92. The molecule has 0 N–H and O–H groups in total. The van der Waals surface area contributed by atoms with E-state index < -0.39 is 0 Å². The van der Waals surface area contributed by atoms with Gasteiger partial charge in [0.2, 0.25) is 0 Å². The van der Waals surface area contributed by atoms with E-state index in [0.29, 0.717) is 18.8 Å². The van der Waals surface area contributed by atoms with Gasteiger partial charge >= 0.3 is 0 Å². The molecule has 0 bridgehead atoms. The van der Waals surface area contributed by atoms with Crippen molar-refractivity contribution in [1.29, 1.82) is 0 Å². The molecule has 0 unspecified atom stereocenters. The van der Waals surface area contributed by atoms with Gasteiger partial charge in [-0.15, -0.1) is 10.2 Å². The quantitative estimate of drug-likeness (QED) is 0.681. The van der Waals surface area contributed by atoms with Crippen LogP contribution in [0, 0.1) is 12.8 Å². The van der Waals surface area contributed by atoms with Gasteiger partial charge in [0.1, 0.15) is 12.0 Å². The van der Waals surface area contributed by atoms with Gasteiger partial charge in [-0.05, 0) is 31.7 Å². The third-order valence-corrected chi connectivity index (χ3v) is 5.84. The van der Waals surface area contributed by atoms with Crippen LogP contribution in [0.15, 0.2) is 12.4 Å². The molecule has 2 aliphatic rings. The van der Waals surface area contributed by atoms with Crippen LogP contribution in [-0.4, -0.2) is 51.7 Å². The van der Waals surface area contributed by atoms with Crippen LogP contribution in [-0.2, 0) is 33.6 Å². The molecule has 9 heteroatoms. The predicted octanol–water partition coefficient (Wildman–Crippen LogP) is 1.33. The molecule has 28 heavy (non-hydrogen) atoms. The third kappa shape index (κ3) is 2.81. The van der Waals surface area contributed by atoms with Crippen LogP contribution in [0.4, 0.5) is 0 Å². The van der Waals surface area contributed by atoms with Crippen molar-refractivity contribution < 1.29 is 4.79 Å². The van der Waals surface area contributed by atoms with E-state index in [4.69, 9.17) is 5.10 Å². The molecule has 1 aliphatic heterocycles. The van der Waals surface area contributed by atoms with E-state index in [1.54, 1.807) is 11.0 Å². The van der Waals surface area contributed by atoms with Crippen molar-refractivity contribution in [3.05, 3.63) is 35.0 Å². The van der Waals surface area contributed by atoms with E-state index in [9.17, 15) is 4.79 Å². The summed E-state index contributed by atoms with van der Waals surface area (Å²) in [5.74, 6) is 1.48. The summed E-state index contributed by atoms with van der Waals surface area (Å²) in [6, 6.07) is 1.84. The van der Waals surface area contributed by atoms with E-state index in [2.05, 4.69) is 19.9 Å². The molecular weight excluding hydrogens is 356 g/mol. The normalized spacial score (nSPS) is 16.5. The van der Waals surface area contributed by atoms with Gasteiger partial charge in [-0.25, -0.2) is 0 Å². The van der Waals surface area contributed by atoms with Gasteiger partial charge < -0.3 is 9.47 Å². The Morgan fingerprint density at radius 1 is 1.21 bits per heavy atom. The number of fused-ring (bicyclic) bond motifs is 1. The Labute approximate surface area is 163 Å². The summed E-state index contributed by atoms with van der Waals surface area (Å²) in [5.41, 5.74) is 4.53. The number of aryl methyl sites for hydroxylation is 3. The summed E-state index contributed by atoms with van der Waals surface area (Å²) in [7, 11) is 3.82. The Kier molecular flexibility index (Phi) is 3.85. The van der Waals surface area contributed by atoms with Gasteiger partial charge in [-0.2, -0.15) is 10.2 Å². The Morgan fingerprint density at radius 3 is 2.75 bits per heavy atom. The summed E-state index contributed by atoms with van der Waals surface area (Å²) in [6.07, 6.45) is 5.09. The SMILES string of the molecule is Cc1cc(C(=O)N2CCc3c(c(-c4nncn4CC4CC4)nn3C)C2)nn1C. The molecule has 0 saturated heterocycles. The predicted molar refractivity (Wildman–Crippen MR) is 101 cm³/mol. The van der Waals surface area contributed by atoms with Crippen molar-refractivity contribution >= 4 is 5.91 Å². The number of nitrogens with zero attached hydrogens (tertiary/aromatic N) is 8. The summed E-state index contributed by atoms with van der Waals surface area (Å²) in [4.78, 5) is 14.8. The molecule has 0 atom stereocenters. The first kappa shape index (κ1) is 17.2. The van der Waals surface area contributed by atoms with Crippen LogP contribution in [0.2, 0.25) is 0 Å². The maximum absolute atomic E-state index is 13.0. The van der Waals surface area contributed by atoms with Crippen LogP contribution in [0.25, 0.3) is 11.5 Å². The molecule has 4 heterocycles. The Hall–Kier alpha value is -2.97. The lowest BCUT2D eigenvalue weighted by Crippen LogP contribution is -2.36. The fourth-order valence-corrected chi connectivity index (χ4v) is 3.92. The molecule has 1 amide bonds. The minimum Gasteiger partial charge on any atom is -0.332 e. The highest BCUT2D eigenvalue weighted by Gasteiger charge is 2.31. The number of hydrogen-bond donors (Lipinski definition) is 0. The zero-order valence-corrected chi connectivity index (χ0v) is 16.5. The molecule has 3 aromatic heterocycles. The van der Waals surface area contributed by atoms with Gasteiger partial charge in [0.25, 0.3) is 5.91 Å². The lowest BCUT2D eigenvalue weighted by molar-refractivity contribution is 0.0727. The van der Waals surface area contributed by atoms with Gasteiger partial charge in [-0.3, -0.25) is 14.2 Å². The van der Waals surface area contributed by atoms with Crippen molar-refractivity contribution in [1.82, 2.24) is 39.2 Å². The van der Waals surface area contributed by atoms with Gasteiger partial charge in [-0.1, -0.05) is 0 Å². The van der Waals surface area contributed by atoms with Crippen LogP contribution < -0.4 is 0 Å². The van der Waals surface area contributed by atoms with Gasteiger partial charge in [0, 0.05) is 50.6 Å². The number of rotatable bonds is 4. The highest BCUT2D eigenvalue weighted by atomic mass is 16.2. The first-order valence-electron chi connectivity index (χ1n) is 9.74. The zero-order chi connectivity index (χ0) is 19.4. The van der Waals surface area contributed by atoms with Crippen molar-refractivity contribution in [3.8, 4) is 11.5 Å². The zero-order valence-electron chi connectivity index (χ0n) is 16.5. The van der Waals surface area contributed by atoms with E-state index in [-0.39, 0.29) is 5.91 Å². The number of hydrogen-bond acceptors (Lipinski definition) is 5. The summed E-state index contributed by atoms with van der Waals surface area (Å²) in [6.45, 7) is 4.06. The maximum atomic E-state index is 13.0. The minimum absolute atomic E-state index is 0.0383. The molecule has 0 spiro atoms. The molecule has 5 rings (SSSR count). The van der Waals surface area contributed by atoms with Gasteiger partial charge in [0.15, 0.2) is 11.5 Å². The van der Waals surface area contributed by atoms with Crippen LogP contribution >= 0.6 is 0 Å².